The monoisotopic (exact) mass is 192 g/mol. The summed E-state index contributed by atoms with van der Waals surface area (Å²) < 4.78 is 0. The lowest BCUT2D eigenvalue weighted by molar-refractivity contribution is 0.258. The van der Waals surface area contributed by atoms with Crippen LogP contribution in [0.1, 0.15) is 18.5 Å². The summed E-state index contributed by atoms with van der Waals surface area (Å²) in [6, 6.07) is 9.94. The molecule has 0 bridgehead atoms. The molecule has 0 aliphatic heterocycles. The van der Waals surface area contributed by atoms with Crippen LogP contribution in [0.4, 0.5) is 4.79 Å². The SMILES string of the molecule is C[C@H](NC(=O)P)c1ccccc1.[B]. The van der Waals surface area contributed by atoms with Crippen molar-refractivity contribution in [2.75, 3.05) is 0 Å². The predicted octanol–water partition coefficient (Wildman–Crippen LogP) is 1.95. The van der Waals surface area contributed by atoms with Gasteiger partial charge in [-0.2, -0.15) is 0 Å². The first-order chi connectivity index (χ1) is 5.70. The summed E-state index contributed by atoms with van der Waals surface area (Å²) in [4.78, 5) is 10.7. The summed E-state index contributed by atoms with van der Waals surface area (Å²) in [6.45, 7) is 1.96. The number of rotatable bonds is 2. The highest BCUT2D eigenvalue weighted by Gasteiger charge is 2.03. The third-order valence-electron chi connectivity index (χ3n) is 1.66. The average Bonchev–Trinajstić information content (AvgIpc) is 2.05. The zero-order valence-electron chi connectivity index (χ0n) is 7.53. The Morgan fingerprint density at radius 1 is 1.38 bits per heavy atom. The molecule has 1 rings (SSSR count). The third-order valence-corrected chi connectivity index (χ3v) is 1.83. The number of nitrogens with one attached hydrogen (secondary N) is 1. The Morgan fingerprint density at radius 3 is 2.38 bits per heavy atom. The standard InChI is InChI=1S/C9H12NOP.B/c1-7(10-9(11)12)8-5-3-2-4-6-8;/h2-7H,12H2,1H3,(H,10,11);/t7-;/m0./s1. The van der Waals surface area contributed by atoms with Crippen LogP contribution in [0.2, 0.25) is 0 Å². The van der Waals surface area contributed by atoms with Crippen LogP contribution in [-0.4, -0.2) is 14.1 Å². The molecule has 1 amide bonds. The molecule has 67 valence electrons. The van der Waals surface area contributed by atoms with E-state index >= 15 is 0 Å². The van der Waals surface area contributed by atoms with Crippen molar-refractivity contribution in [3.63, 3.8) is 0 Å². The zero-order chi connectivity index (χ0) is 8.97. The van der Waals surface area contributed by atoms with E-state index in [2.05, 4.69) is 14.6 Å². The summed E-state index contributed by atoms with van der Waals surface area (Å²) in [5.74, 6) is 0. The Hall–Kier alpha value is -0.815. The van der Waals surface area contributed by atoms with Crippen LogP contribution in [0.5, 0.6) is 0 Å². The fraction of sp³-hybridized carbons (Fsp3) is 0.222. The summed E-state index contributed by atoms with van der Waals surface area (Å²) in [7, 11) is 2.10. The van der Waals surface area contributed by atoms with Crippen molar-refractivity contribution >= 4 is 23.3 Å². The van der Waals surface area contributed by atoms with Crippen LogP contribution in [0.3, 0.4) is 0 Å². The van der Waals surface area contributed by atoms with Crippen LogP contribution in [0, 0.1) is 0 Å². The Morgan fingerprint density at radius 2 is 1.92 bits per heavy atom. The lowest BCUT2D eigenvalue weighted by Crippen LogP contribution is -2.20. The summed E-state index contributed by atoms with van der Waals surface area (Å²) >= 11 is 0. The van der Waals surface area contributed by atoms with Crippen molar-refractivity contribution in [3.05, 3.63) is 35.9 Å². The predicted molar refractivity (Wildman–Crippen MR) is 58.9 cm³/mol. The van der Waals surface area contributed by atoms with Crippen LogP contribution < -0.4 is 5.32 Å². The summed E-state index contributed by atoms with van der Waals surface area (Å²) in [5.41, 5.74) is 1.04. The van der Waals surface area contributed by atoms with Gasteiger partial charge in [0.1, 0.15) is 0 Å². The number of hydrogen-bond donors (Lipinski definition) is 1. The minimum Gasteiger partial charge on any atom is -0.346 e. The maximum Gasteiger partial charge on any atom is 0.235 e. The topological polar surface area (TPSA) is 29.1 Å². The molecular formula is C9H12BNOP. The van der Waals surface area contributed by atoms with Gasteiger partial charge in [0, 0.05) is 8.41 Å². The fourth-order valence-electron chi connectivity index (χ4n) is 1.04. The van der Waals surface area contributed by atoms with Gasteiger partial charge in [-0.25, -0.2) is 0 Å². The lowest BCUT2D eigenvalue weighted by atomic mass is 10.1. The van der Waals surface area contributed by atoms with E-state index in [1.807, 2.05) is 37.3 Å². The first-order valence-electron chi connectivity index (χ1n) is 3.81. The van der Waals surface area contributed by atoms with Crippen LogP contribution in [0.15, 0.2) is 30.3 Å². The van der Waals surface area contributed by atoms with E-state index < -0.39 is 0 Å². The van der Waals surface area contributed by atoms with Gasteiger partial charge in [0.2, 0.25) is 5.65 Å². The highest BCUT2D eigenvalue weighted by Crippen LogP contribution is 2.11. The van der Waals surface area contributed by atoms with Gasteiger partial charge in [0.25, 0.3) is 0 Å². The fourth-order valence-corrected chi connectivity index (χ4v) is 1.29. The number of amides is 1. The second-order valence-corrected chi connectivity index (χ2v) is 3.17. The Kier molecular flexibility index (Phi) is 5.40. The number of hydrogen-bond acceptors (Lipinski definition) is 1. The van der Waals surface area contributed by atoms with E-state index in [1.54, 1.807) is 0 Å². The van der Waals surface area contributed by atoms with E-state index in [-0.39, 0.29) is 20.1 Å². The molecule has 3 radical (unpaired) electrons. The van der Waals surface area contributed by atoms with Gasteiger partial charge < -0.3 is 5.32 Å². The van der Waals surface area contributed by atoms with Crippen molar-refractivity contribution in [2.45, 2.75) is 13.0 Å². The molecule has 2 atom stereocenters. The van der Waals surface area contributed by atoms with Crippen molar-refractivity contribution in [1.29, 1.82) is 0 Å². The maximum atomic E-state index is 10.7. The first kappa shape index (κ1) is 12.2. The van der Waals surface area contributed by atoms with E-state index in [0.717, 1.165) is 5.56 Å². The Labute approximate surface area is 82.9 Å². The second kappa shape index (κ2) is 5.77. The highest BCUT2D eigenvalue weighted by molar-refractivity contribution is 7.39. The summed E-state index contributed by atoms with van der Waals surface area (Å²) in [6.07, 6.45) is 0. The highest BCUT2D eigenvalue weighted by atomic mass is 31.0. The van der Waals surface area contributed by atoms with Crippen molar-refractivity contribution in [1.82, 2.24) is 5.32 Å². The first-order valence-corrected chi connectivity index (χ1v) is 4.39. The summed E-state index contributed by atoms with van der Waals surface area (Å²) in [5, 5.41) is 2.78. The molecule has 0 aliphatic rings. The molecule has 2 nitrogen and oxygen atoms in total. The molecule has 1 aromatic rings. The van der Waals surface area contributed by atoms with Crippen LogP contribution in [0.25, 0.3) is 0 Å². The molecule has 1 aromatic carbocycles. The molecule has 0 aromatic heterocycles. The maximum absolute atomic E-state index is 10.7. The molecule has 1 N–H and O–H groups in total. The number of carbonyl (C=O) groups is 1. The van der Waals surface area contributed by atoms with Crippen molar-refractivity contribution < 1.29 is 4.79 Å². The van der Waals surface area contributed by atoms with Gasteiger partial charge in [-0.05, 0) is 21.7 Å². The van der Waals surface area contributed by atoms with Gasteiger partial charge >= 0.3 is 0 Å². The van der Waals surface area contributed by atoms with Gasteiger partial charge in [0.15, 0.2) is 0 Å². The second-order valence-electron chi connectivity index (χ2n) is 2.64. The molecule has 0 aliphatic carbocycles. The van der Waals surface area contributed by atoms with E-state index in [0.29, 0.717) is 0 Å². The number of carbonyl (C=O) groups excluding carboxylic acids is 1. The molecule has 1 unspecified atom stereocenters. The quantitative estimate of drug-likeness (QED) is 0.563. The van der Waals surface area contributed by atoms with Gasteiger partial charge in [-0.3, -0.25) is 4.79 Å². The third kappa shape index (κ3) is 4.09. The zero-order valence-corrected chi connectivity index (χ0v) is 8.68. The molecular weight excluding hydrogens is 180 g/mol. The minimum absolute atomic E-state index is 0. The molecule has 0 fully saturated rings. The van der Waals surface area contributed by atoms with Crippen molar-refractivity contribution in [2.24, 2.45) is 0 Å². The normalized spacial score (nSPS) is 11.2. The molecule has 4 heteroatoms. The van der Waals surface area contributed by atoms with Gasteiger partial charge in [-0.1, -0.05) is 30.3 Å². The molecule has 0 saturated carbocycles. The van der Waals surface area contributed by atoms with E-state index in [1.165, 1.54) is 0 Å². The Balaban J connectivity index is 0.00000144. The van der Waals surface area contributed by atoms with Crippen LogP contribution >= 0.6 is 9.24 Å². The van der Waals surface area contributed by atoms with E-state index in [9.17, 15) is 4.79 Å². The molecule has 0 saturated heterocycles. The Bertz CT molecular complexity index is 266. The minimum atomic E-state index is -0.0775. The molecule has 13 heavy (non-hydrogen) atoms. The van der Waals surface area contributed by atoms with E-state index in [4.69, 9.17) is 0 Å². The van der Waals surface area contributed by atoms with Crippen LogP contribution in [-0.2, 0) is 0 Å². The smallest absolute Gasteiger partial charge is 0.235 e. The molecule has 0 spiro atoms. The van der Waals surface area contributed by atoms with Gasteiger partial charge in [-0.15, -0.1) is 0 Å². The van der Waals surface area contributed by atoms with Crippen molar-refractivity contribution in [3.8, 4) is 0 Å². The lowest BCUT2D eigenvalue weighted by Gasteiger charge is -2.11. The van der Waals surface area contributed by atoms with Gasteiger partial charge in [0.05, 0.1) is 6.04 Å². The molecule has 0 heterocycles. The largest absolute Gasteiger partial charge is 0.346 e. The average molecular weight is 192 g/mol. The number of benzene rings is 1.